The zero-order valence-electron chi connectivity index (χ0n) is 14.3. The maximum absolute atomic E-state index is 12.8. The molecule has 1 amide bonds. The molecular weight excluding hydrogens is 376 g/mol. The summed E-state index contributed by atoms with van der Waals surface area (Å²) in [7, 11) is 0. The number of nitrogens with zero attached hydrogens (tertiary/aromatic N) is 2. The number of rotatable bonds is 5. The van der Waals surface area contributed by atoms with Gasteiger partial charge < -0.3 is 14.7 Å². The van der Waals surface area contributed by atoms with E-state index in [1.807, 2.05) is 0 Å². The van der Waals surface area contributed by atoms with Crippen molar-refractivity contribution in [2.24, 2.45) is 0 Å². The van der Waals surface area contributed by atoms with E-state index in [9.17, 15) is 14.7 Å². The lowest BCUT2D eigenvalue weighted by Crippen LogP contribution is -2.47. The molecule has 0 bridgehead atoms. The van der Waals surface area contributed by atoms with Crippen LogP contribution in [0.3, 0.4) is 0 Å². The van der Waals surface area contributed by atoms with Gasteiger partial charge in [0.15, 0.2) is 0 Å². The molecule has 1 fully saturated rings. The molecule has 2 heterocycles. The van der Waals surface area contributed by atoms with E-state index in [0.29, 0.717) is 39.3 Å². The van der Waals surface area contributed by atoms with Crippen molar-refractivity contribution < 1.29 is 19.4 Å². The summed E-state index contributed by atoms with van der Waals surface area (Å²) in [6.07, 6.45) is 2.13. The molecule has 0 saturated carbocycles. The summed E-state index contributed by atoms with van der Waals surface area (Å²) in [5, 5.41) is 10.7. The van der Waals surface area contributed by atoms with E-state index in [-0.39, 0.29) is 12.5 Å². The number of aliphatic carboxylic acids is 1. The Balaban J connectivity index is 1.71. The molecule has 1 aliphatic heterocycles. The molecule has 0 aliphatic carbocycles. The second-order valence-corrected chi connectivity index (χ2v) is 7.63. The average molecular weight is 395 g/mol. The minimum absolute atomic E-state index is 0.239. The summed E-state index contributed by atoms with van der Waals surface area (Å²) in [6, 6.07) is 6.24. The van der Waals surface area contributed by atoms with Crippen LogP contribution in [-0.4, -0.2) is 39.5 Å². The first-order chi connectivity index (χ1) is 12.5. The van der Waals surface area contributed by atoms with Crippen LogP contribution >= 0.6 is 22.9 Å². The first kappa shape index (κ1) is 18.7. The average Bonchev–Trinajstić information content (AvgIpc) is 3.01. The molecule has 0 unspecified atom stereocenters. The zero-order valence-corrected chi connectivity index (χ0v) is 15.8. The molecule has 2 aromatic rings. The Hall–Kier alpha value is -2.12. The molecule has 1 aromatic carbocycles. The smallest absolute Gasteiger partial charge is 0.326 e. The Labute approximate surface area is 160 Å². The highest BCUT2D eigenvalue weighted by atomic mass is 35.5. The van der Waals surface area contributed by atoms with Gasteiger partial charge in [0.2, 0.25) is 0 Å². The normalized spacial score (nSPS) is 17.2. The van der Waals surface area contributed by atoms with Crippen LogP contribution in [0.1, 0.15) is 39.6 Å². The Morgan fingerprint density at radius 3 is 2.77 bits per heavy atom. The molecule has 3 rings (SSSR count). The zero-order chi connectivity index (χ0) is 18.7. The van der Waals surface area contributed by atoms with Crippen molar-refractivity contribution in [3.63, 3.8) is 0 Å². The fourth-order valence-corrected chi connectivity index (χ4v) is 4.01. The summed E-state index contributed by atoms with van der Waals surface area (Å²) in [6.45, 7) is 2.46. The summed E-state index contributed by atoms with van der Waals surface area (Å²) < 4.78 is 5.67. The Kier molecular flexibility index (Phi) is 5.78. The highest BCUT2D eigenvalue weighted by Crippen LogP contribution is 2.26. The van der Waals surface area contributed by atoms with E-state index < -0.39 is 12.0 Å². The summed E-state index contributed by atoms with van der Waals surface area (Å²) >= 11 is 7.10. The predicted molar refractivity (Wildman–Crippen MR) is 98.9 cm³/mol. The number of carbonyl (C=O) groups excluding carboxylic acids is 1. The van der Waals surface area contributed by atoms with Crippen molar-refractivity contribution in [2.45, 2.75) is 38.8 Å². The lowest BCUT2D eigenvalue weighted by molar-refractivity contribution is -0.143. The van der Waals surface area contributed by atoms with Crippen molar-refractivity contribution in [1.82, 2.24) is 9.88 Å². The number of hydrogen-bond donors (Lipinski definition) is 1. The lowest BCUT2D eigenvalue weighted by Gasteiger charge is -2.32. The van der Waals surface area contributed by atoms with E-state index in [4.69, 9.17) is 16.3 Å². The third-order valence-electron chi connectivity index (χ3n) is 4.26. The van der Waals surface area contributed by atoms with Crippen LogP contribution in [0.4, 0.5) is 0 Å². The fourth-order valence-electron chi connectivity index (χ4n) is 2.95. The highest BCUT2D eigenvalue weighted by molar-refractivity contribution is 7.13. The second kappa shape index (κ2) is 8.05. The van der Waals surface area contributed by atoms with Gasteiger partial charge in [-0.25, -0.2) is 9.78 Å². The fraction of sp³-hybridized carbons (Fsp3) is 0.389. The first-order valence-electron chi connectivity index (χ1n) is 8.34. The minimum Gasteiger partial charge on any atom is -0.486 e. The van der Waals surface area contributed by atoms with E-state index in [1.165, 1.54) is 16.2 Å². The Morgan fingerprint density at radius 2 is 2.08 bits per heavy atom. The van der Waals surface area contributed by atoms with Crippen LogP contribution in [0.15, 0.2) is 24.3 Å². The van der Waals surface area contributed by atoms with Crippen LogP contribution in [0.2, 0.25) is 5.02 Å². The number of aromatic nitrogens is 1. The number of aryl methyl sites for hydroxylation is 1. The number of carboxylic acids is 1. The first-order valence-corrected chi connectivity index (χ1v) is 9.53. The molecular formula is C18H19ClN2O4S. The van der Waals surface area contributed by atoms with Gasteiger partial charge in [0, 0.05) is 11.6 Å². The van der Waals surface area contributed by atoms with Gasteiger partial charge in [-0.1, -0.05) is 11.6 Å². The van der Waals surface area contributed by atoms with Gasteiger partial charge >= 0.3 is 5.97 Å². The van der Waals surface area contributed by atoms with E-state index >= 15 is 0 Å². The molecule has 1 aliphatic rings. The number of carbonyl (C=O) groups is 2. The molecule has 8 heteroatoms. The number of hydrogen-bond acceptors (Lipinski definition) is 5. The van der Waals surface area contributed by atoms with Crippen molar-refractivity contribution >= 4 is 34.8 Å². The summed E-state index contributed by atoms with van der Waals surface area (Å²) in [4.78, 5) is 30.6. The maximum Gasteiger partial charge on any atom is 0.326 e. The molecule has 138 valence electrons. The van der Waals surface area contributed by atoms with Crippen LogP contribution in [0.5, 0.6) is 5.75 Å². The van der Waals surface area contributed by atoms with Gasteiger partial charge in [-0.2, -0.15) is 0 Å². The third kappa shape index (κ3) is 4.16. The maximum atomic E-state index is 12.8. The van der Waals surface area contributed by atoms with Crippen LogP contribution in [-0.2, 0) is 11.4 Å². The number of piperidine rings is 1. The van der Waals surface area contributed by atoms with Crippen molar-refractivity contribution in [1.29, 1.82) is 0 Å². The van der Waals surface area contributed by atoms with Gasteiger partial charge in [-0.15, -0.1) is 11.3 Å². The van der Waals surface area contributed by atoms with Crippen LogP contribution < -0.4 is 4.74 Å². The molecule has 1 aromatic heterocycles. The van der Waals surface area contributed by atoms with Crippen molar-refractivity contribution in [3.05, 3.63) is 44.9 Å². The molecule has 0 spiro atoms. The monoisotopic (exact) mass is 394 g/mol. The van der Waals surface area contributed by atoms with Gasteiger partial charge in [-0.05, 0) is 50.5 Å². The van der Waals surface area contributed by atoms with E-state index in [1.54, 1.807) is 31.2 Å². The number of likely N-dealkylation sites (tertiary alicyclic amines) is 1. The molecule has 1 N–H and O–H groups in total. The predicted octanol–water partition coefficient (Wildman–Crippen LogP) is 3.76. The number of ether oxygens (including phenoxy) is 1. The molecule has 26 heavy (non-hydrogen) atoms. The topological polar surface area (TPSA) is 79.7 Å². The number of carboxylic acid groups (broad SMARTS) is 1. The van der Waals surface area contributed by atoms with Gasteiger partial charge in [0.1, 0.15) is 28.3 Å². The quantitative estimate of drug-likeness (QED) is 0.835. The Morgan fingerprint density at radius 1 is 1.35 bits per heavy atom. The standard InChI is InChI=1S/C18H19ClN2O4S/c1-11-16(17(22)21-9-3-2-4-14(21)18(23)24)26-15(20-11)10-25-13-7-5-12(19)6-8-13/h5-8,14H,2-4,9-10H2,1H3,(H,23,24)/t14-/m1/s1. The molecule has 1 saturated heterocycles. The SMILES string of the molecule is Cc1nc(COc2ccc(Cl)cc2)sc1C(=O)N1CCCC[C@@H]1C(=O)O. The summed E-state index contributed by atoms with van der Waals surface area (Å²) in [5.74, 6) is -0.548. The van der Waals surface area contributed by atoms with Crippen molar-refractivity contribution in [2.75, 3.05) is 6.54 Å². The number of amides is 1. The molecule has 0 radical (unpaired) electrons. The van der Waals surface area contributed by atoms with Gasteiger partial charge in [-0.3, -0.25) is 4.79 Å². The van der Waals surface area contributed by atoms with Crippen LogP contribution in [0, 0.1) is 6.92 Å². The molecule has 6 nitrogen and oxygen atoms in total. The highest BCUT2D eigenvalue weighted by Gasteiger charge is 2.34. The number of thiazole rings is 1. The van der Waals surface area contributed by atoms with E-state index in [0.717, 1.165) is 12.8 Å². The molecule has 1 atom stereocenters. The Bertz CT molecular complexity index is 806. The minimum atomic E-state index is -0.952. The summed E-state index contributed by atoms with van der Waals surface area (Å²) in [5.41, 5.74) is 0.601. The lowest BCUT2D eigenvalue weighted by atomic mass is 10.0. The van der Waals surface area contributed by atoms with Crippen LogP contribution in [0.25, 0.3) is 0 Å². The van der Waals surface area contributed by atoms with Crippen molar-refractivity contribution in [3.8, 4) is 5.75 Å². The second-order valence-electron chi connectivity index (χ2n) is 6.11. The largest absolute Gasteiger partial charge is 0.486 e. The van der Waals surface area contributed by atoms with Gasteiger partial charge in [0.05, 0.1) is 5.69 Å². The third-order valence-corrected chi connectivity index (χ3v) is 5.63. The number of benzene rings is 1. The number of halogens is 1. The van der Waals surface area contributed by atoms with E-state index in [2.05, 4.69) is 4.98 Å². The van der Waals surface area contributed by atoms with Gasteiger partial charge in [0.25, 0.3) is 5.91 Å².